The van der Waals surface area contributed by atoms with E-state index in [2.05, 4.69) is 32.7 Å². The molecule has 1 aromatic carbocycles. The van der Waals surface area contributed by atoms with Crippen LogP contribution in [0.5, 0.6) is 0 Å². The fourth-order valence-electron chi connectivity index (χ4n) is 3.06. The lowest BCUT2D eigenvalue weighted by atomic mass is 10.0. The van der Waals surface area contributed by atoms with Gasteiger partial charge in [-0.15, -0.1) is 0 Å². The highest BCUT2D eigenvalue weighted by atomic mass is 19.4. The Hall–Kier alpha value is -1.96. The van der Waals surface area contributed by atoms with Gasteiger partial charge in [0.05, 0.1) is 6.54 Å². The molecule has 146 valence electrons. The number of hydrogen-bond acceptors (Lipinski definition) is 3. The Kier molecular flexibility index (Phi) is 7.56. The molecule has 0 unspecified atom stereocenters. The first kappa shape index (κ1) is 20.4. The fourth-order valence-corrected chi connectivity index (χ4v) is 3.06. The third-order valence-corrected chi connectivity index (χ3v) is 4.42. The summed E-state index contributed by atoms with van der Waals surface area (Å²) < 4.78 is 37.0. The average molecular weight is 371 g/mol. The van der Waals surface area contributed by atoms with Crippen LogP contribution in [0.1, 0.15) is 12.8 Å². The Balaban J connectivity index is 1.69. The smallest absolute Gasteiger partial charge is 0.371 e. The standard InChI is InChI=1S/C18H28F3N5/c1-22-17(23-10-13-25(2)14-18(19,20)21)24-15-8-11-26(12-9-15)16-6-4-3-5-7-16/h3-7,15H,8-14H2,1-2H3,(H2,22,23,24). The van der Waals surface area contributed by atoms with Gasteiger partial charge in [0.15, 0.2) is 5.96 Å². The molecule has 0 amide bonds. The third-order valence-electron chi connectivity index (χ3n) is 4.42. The molecule has 1 saturated heterocycles. The number of anilines is 1. The average Bonchev–Trinajstić information content (AvgIpc) is 2.60. The van der Waals surface area contributed by atoms with E-state index in [1.54, 1.807) is 7.05 Å². The Morgan fingerprint density at radius 1 is 1.23 bits per heavy atom. The monoisotopic (exact) mass is 371 g/mol. The molecular formula is C18H28F3N5. The number of hydrogen-bond donors (Lipinski definition) is 2. The number of guanidine groups is 1. The van der Waals surface area contributed by atoms with Crippen LogP contribution < -0.4 is 15.5 Å². The van der Waals surface area contributed by atoms with Crippen molar-refractivity contribution in [1.82, 2.24) is 15.5 Å². The van der Waals surface area contributed by atoms with Crippen molar-refractivity contribution >= 4 is 11.6 Å². The number of nitrogens with one attached hydrogen (secondary N) is 2. The van der Waals surface area contributed by atoms with E-state index in [4.69, 9.17) is 0 Å². The highest BCUT2D eigenvalue weighted by Gasteiger charge is 2.28. The zero-order valence-electron chi connectivity index (χ0n) is 15.4. The first-order chi connectivity index (χ1) is 12.4. The van der Waals surface area contributed by atoms with Gasteiger partial charge in [0.1, 0.15) is 0 Å². The minimum atomic E-state index is -4.17. The molecule has 26 heavy (non-hydrogen) atoms. The molecule has 1 aliphatic heterocycles. The summed E-state index contributed by atoms with van der Waals surface area (Å²) in [5, 5.41) is 6.46. The molecule has 1 aromatic rings. The number of halogens is 3. The van der Waals surface area contributed by atoms with E-state index in [1.165, 1.54) is 17.6 Å². The van der Waals surface area contributed by atoms with Crippen molar-refractivity contribution in [2.75, 3.05) is 51.7 Å². The lowest BCUT2D eigenvalue weighted by molar-refractivity contribution is -0.142. The molecular weight excluding hydrogens is 343 g/mol. The summed E-state index contributed by atoms with van der Waals surface area (Å²) >= 11 is 0. The minimum Gasteiger partial charge on any atom is -0.371 e. The molecule has 0 aliphatic carbocycles. The van der Waals surface area contributed by atoms with E-state index in [9.17, 15) is 13.2 Å². The van der Waals surface area contributed by atoms with Crippen molar-refractivity contribution in [3.63, 3.8) is 0 Å². The second kappa shape index (κ2) is 9.66. The van der Waals surface area contributed by atoms with Gasteiger partial charge in [-0.25, -0.2) is 0 Å². The van der Waals surface area contributed by atoms with Gasteiger partial charge >= 0.3 is 6.18 Å². The lowest BCUT2D eigenvalue weighted by Gasteiger charge is -2.34. The molecule has 0 aromatic heterocycles. The maximum absolute atomic E-state index is 12.3. The van der Waals surface area contributed by atoms with E-state index in [-0.39, 0.29) is 0 Å². The largest absolute Gasteiger partial charge is 0.401 e. The zero-order valence-corrected chi connectivity index (χ0v) is 15.4. The molecule has 2 rings (SSSR count). The minimum absolute atomic E-state index is 0.298. The van der Waals surface area contributed by atoms with Gasteiger partial charge in [0.25, 0.3) is 0 Å². The normalized spacial score (nSPS) is 16.8. The van der Waals surface area contributed by atoms with Gasteiger partial charge < -0.3 is 15.5 Å². The predicted octanol–water partition coefficient (Wildman–Crippen LogP) is 2.31. The Morgan fingerprint density at radius 2 is 1.88 bits per heavy atom. The van der Waals surface area contributed by atoms with Gasteiger partial charge in [0, 0.05) is 45.0 Å². The molecule has 0 spiro atoms. The Bertz CT molecular complexity index is 554. The highest BCUT2D eigenvalue weighted by Crippen LogP contribution is 2.19. The second-order valence-electron chi connectivity index (χ2n) is 6.59. The Labute approximate surface area is 153 Å². The molecule has 0 atom stereocenters. The molecule has 0 radical (unpaired) electrons. The SMILES string of the molecule is CN=C(NCCN(C)CC(F)(F)F)NC1CCN(c2ccccc2)CC1. The number of para-hydroxylation sites is 1. The fraction of sp³-hybridized carbons (Fsp3) is 0.611. The van der Waals surface area contributed by atoms with E-state index in [0.29, 0.717) is 25.1 Å². The molecule has 1 heterocycles. The highest BCUT2D eigenvalue weighted by molar-refractivity contribution is 5.80. The molecule has 5 nitrogen and oxygen atoms in total. The van der Waals surface area contributed by atoms with Crippen LogP contribution in [0.2, 0.25) is 0 Å². The molecule has 0 saturated carbocycles. The van der Waals surface area contributed by atoms with Crippen molar-refractivity contribution in [2.24, 2.45) is 4.99 Å². The van der Waals surface area contributed by atoms with E-state index >= 15 is 0 Å². The van der Waals surface area contributed by atoms with Crippen LogP contribution in [0.4, 0.5) is 18.9 Å². The van der Waals surface area contributed by atoms with Gasteiger partial charge in [-0.1, -0.05) is 18.2 Å². The first-order valence-corrected chi connectivity index (χ1v) is 8.90. The number of aliphatic imine (C=N–C) groups is 1. The van der Waals surface area contributed by atoms with Crippen molar-refractivity contribution < 1.29 is 13.2 Å². The maximum Gasteiger partial charge on any atom is 0.401 e. The van der Waals surface area contributed by atoms with Crippen LogP contribution in [0, 0.1) is 0 Å². The zero-order chi connectivity index (χ0) is 19.0. The summed E-state index contributed by atoms with van der Waals surface area (Å²) in [4.78, 5) is 7.78. The number of rotatable bonds is 6. The molecule has 0 bridgehead atoms. The number of alkyl halides is 3. The molecule has 2 N–H and O–H groups in total. The number of likely N-dealkylation sites (N-methyl/N-ethyl adjacent to an activating group) is 1. The van der Waals surface area contributed by atoms with Crippen LogP contribution in [-0.2, 0) is 0 Å². The summed E-state index contributed by atoms with van der Waals surface area (Å²) in [7, 11) is 3.14. The van der Waals surface area contributed by atoms with Gasteiger partial charge in [-0.3, -0.25) is 9.89 Å². The van der Waals surface area contributed by atoms with Crippen LogP contribution in [0.25, 0.3) is 0 Å². The van der Waals surface area contributed by atoms with E-state index in [1.807, 2.05) is 18.2 Å². The van der Waals surface area contributed by atoms with Gasteiger partial charge in [-0.05, 0) is 32.0 Å². The van der Waals surface area contributed by atoms with Crippen molar-refractivity contribution in [3.8, 4) is 0 Å². The van der Waals surface area contributed by atoms with Crippen LogP contribution in [0.15, 0.2) is 35.3 Å². The summed E-state index contributed by atoms with van der Waals surface area (Å²) in [6, 6.07) is 10.6. The van der Waals surface area contributed by atoms with Crippen molar-refractivity contribution in [1.29, 1.82) is 0 Å². The predicted molar refractivity (Wildman–Crippen MR) is 99.7 cm³/mol. The van der Waals surface area contributed by atoms with Crippen LogP contribution >= 0.6 is 0 Å². The number of nitrogens with zero attached hydrogens (tertiary/aromatic N) is 3. The second-order valence-corrected chi connectivity index (χ2v) is 6.59. The van der Waals surface area contributed by atoms with Gasteiger partial charge in [0.2, 0.25) is 0 Å². The summed E-state index contributed by atoms with van der Waals surface area (Å²) in [5.41, 5.74) is 1.24. The Morgan fingerprint density at radius 3 is 2.46 bits per heavy atom. The summed E-state index contributed by atoms with van der Waals surface area (Å²) in [6.07, 6.45) is -2.19. The number of piperidine rings is 1. The van der Waals surface area contributed by atoms with Crippen molar-refractivity contribution in [2.45, 2.75) is 25.1 Å². The van der Waals surface area contributed by atoms with Crippen molar-refractivity contribution in [3.05, 3.63) is 30.3 Å². The van der Waals surface area contributed by atoms with Crippen LogP contribution in [-0.4, -0.2) is 69.9 Å². The molecule has 1 aliphatic rings. The van der Waals surface area contributed by atoms with E-state index < -0.39 is 12.7 Å². The quantitative estimate of drug-likeness (QED) is 0.595. The van der Waals surface area contributed by atoms with Crippen LogP contribution in [0.3, 0.4) is 0 Å². The molecule has 1 fully saturated rings. The maximum atomic E-state index is 12.3. The lowest BCUT2D eigenvalue weighted by Crippen LogP contribution is -2.49. The van der Waals surface area contributed by atoms with E-state index in [0.717, 1.165) is 25.9 Å². The first-order valence-electron chi connectivity index (χ1n) is 8.90. The summed E-state index contributed by atoms with van der Waals surface area (Å²) in [6.45, 7) is 1.74. The molecule has 8 heteroatoms. The summed E-state index contributed by atoms with van der Waals surface area (Å²) in [5.74, 6) is 0.642. The number of benzene rings is 1. The van der Waals surface area contributed by atoms with Gasteiger partial charge in [-0.2, -0.15) is 13.2 Å². The topological polar surface area (TPSA) is 42.9 Å². The third kappa shape index (κ3) is 7.11.